The fourth-order valence-electron chi connectivity index (χ4n) is 5.21. The van der Waals surface area contributed by atoms with E-state index < -0.39 is 17.3 Å². The van der Waals surface area contributed by atoms with Gasteiger partial charge in [0.2, 0.25) is 18.6 Å². The van der Waals surface area contributed by atoms with Gasteiger partial charge in [0.15, 0.2) is 11.5 Å². The number of hydrogen-bond acceptors (Lipinski definition) is 4. The van der Waals surface area contributed by atoms with Crippen molar-refractivity contribution in [3.8, 4) is 11.5 Å². The predicted molar refractivity (Wildman–Crippen MR) is 116 cm³/mol. The molecule has 34 heavy (non-hydrogen) atoms. The zero-order chi connectivity index (χ0) is 23.9. The van der Waals surface area contributed by atoms with Crippen molar-refractivity contribution in [1.29, 1.82) is 0 Å². The van der Waals surface area contributed by atoms with Gasteiger partial charge in [-0.25, -0.2) is 0 Å². The highest BCUT2D eigenvalue weighted by atomic mass is 19.4. The normalized spacial score (nSPS) is 21.2. The number of nitrogens with one attached hydrogen (secondary N) is 1. The molecule has 0 radical (unpaired) electrons. The summed E-state index contributed by atoms with van der Waals surface area (Å²) in [7, 11) is 0. The molecule has 1 saturated carbocycles. The van der Waals surface area contributed by atoms with Crippen LogP contribution in [0.15, 0.2) is 42.5 Å². The molecule has 2 fully saturated rings. The molecule has 0 bridgehead atoms. The van der Waals surface area contributed by atoms with E-state index in [9.17, 15) is 22.8 Å². The molecule has 9 heteroatoms. The Morgan fingerprint density at radius 1 is 1.03 bits per heavy atom. The van der Waals surface area contributed by atoms with Gasteiger partial charge in [-0.15, -0.1) is 0 Å². The number of ether oxygens (including phenoxy) is 2. The minimum atomic E-state index is -4.41. The lowest BCUT2D eigenvalue weighted by molar-refractivity contribution is -0.168. The number of likely N-dealkylation sites (tertiary alicyclic amines) is 1. The molecule has 1 unspecified atom stereocenters. The Balaban J connectivity index is 1.35. The zero-order valence-corrected chi connectivity index (χ0v) is 18.5. The summed E-state index contributed by atoms with van der Waals surface area (Å²) in [5, 5.41) is 2.89. The van der Waals surface area contributed by atoms with Gasteiger partial charge in [-0.05, 0) is 48.2 Å². The molecule has 1 saturated heterocycles. The number of hydrogen-bond donors (Lipinski definition) is 1. The van der Waals surface area contributed by atoms with Gasteiger partial charge < -0.3 is 19.7 Å². The molecule has 2 amide bonds. The molecule has 0 aromatic heterocycles. The smallest absolute Gasteiger partial charge is 0.416 e. The summed E-state index contributed by atoms with van der Waals surface area (Å²) in [6.45, 7) is 0.248. The van der Waals surface area contributed by atoms with E-state index in [0.29, 0.717) is 36.3 Å². The number of carbonyl (C=O) groups is 2. The fourth-order valence-corrected chi connectivity index (χ4v) is 5.21. The SMILES string of the molecule is O=C1CC(c2ccc3c(c2)OCO3)N1C1(C(=O)NCc2ccc(C(F)(F)F)cc2)CCCCC1. The van der Waals surface area contributed by atoms with Crippen molar-refractivity contribution in [2.24, 2.45) is 0 Å². The van der Waals surface area contributed by atoms with E-state index in [1.54, 1.807) is 4.90 Å². The standard InChI is InChI=1S/C25H25F3N2O4/c26-25(27,28)18-7-4-16(5-8-18)14-29-23(32)24(10-2-1-3-11-24)30-19(13-22(30)31)17-6-9-20-21(12-17)34-15-33-20/h4-9,12,19H,1-3,10-11,13-15H2,(H,29,32). The first kappa shape index (κ1) is 22.6. The number of halogens is 3. The number of fused-ring (bicyclic) bond motifs is 1. The van der Waals surface area contributed by atoms with Crippen LogP contribution in [0.5, 0.6) is 11.5 Å². The second-order valence-electron chi connectivity index (χ2n) is 9.07. The Morgan fingerprint density at radius 3 is 2.41 bits per heavy atom. The lowest BCUT2D eigenvalue weighted by Gasteiger charge is -2.54. The lowest BCUT2D eigenvalue weighted by Crippen LogP contribution is -2.66. The second kappa shape index (κ2) is 8.52. The maximum absolute atomic E-state index is 13.5. The highest BCUT2D eigenvalue weighted by molar-refractivity contribution is 5.95. The Bertz CT molecular complexity index is 1090. The second-order valence-corrected chi connectivity index (χ2v) is 9.07. The Kier molecular flexibility index (Phi) is 5.65. The van der Waals surface area contributed by atoms with E-state index in [1.807, 2.05) is 18.2 Å². The zero-order valence-electron chi connectivity index (χ0n) is 18.5. The minimum absolute atomic E-state index is 0.0748. The van der Waals surface area contributed by atoms with Crippen LogP contribution in [0.25, 0.3) is 0 Å². The van der Waals surface area contributed by atoms with Crippen LogP contribution in [0.2, 0.25) is 0 Å². The maximum atomic E-state index is 13.5. The summed E-state index contributed by atoms with van der Waals surface area (Å²) in [5.41, 5.74) is -0.247. The van der Waals surface area contributed by atoms with Gasteiger partial charge in [-0.2, -0.15) is 13.2 Å². The number of benzene rings is 2. The molecule has 1 N–H and O–H groups in total. The van der Waals surface area contributed by atoms with Crippen molar-refractivity contribution >= 4 is 11.8 Å². The van der Waals surface area contributed by atoms with Crippen LogP contribution in [-0.4, -0.2) is 29.0 Å². The quantitative estimate of drug-likeness (QED) is 0.637. The van der Waals surface area contributed by atoms with E-state index in [4.69, 9.17) is 9.47 Å². The number of amides is 2. The first-order chi connectivity index (χ1) is 16.3. The van der Waals surface area contributed by atoms with Crippen LogP contribution in [-0.2, 0) is 22.3 Å². The van der Waals surface area contributed by atoms with Crippen molar-refractivity contribution < 1.29 is 32.2 Å². The van der Waals surface area contributed by atoms with E-state index in [1.165, 1.54) is 12.1 Å². The Labute approximate surface area is 195 Å². The molecule has 2 heterocycles. The molecular formula is C25H25F3N2O4. The van der Waals surface area contributed by atoms with Gasteiger partial charge >= 0.3 is 6.18 Å². The number of β-lactam (4-membered cyclic amide) rings is 1. The number of nitrogens with zero attached hydrogens (tertiary/aromatic N) is 1. The van der Waals surface area contributed by atoms with Crippen LogP contribution < -0.4 is 14.8 Å². The van der Waals surface area contributed by atoms with Crippen LogP contribution in [0.3, 0.4) is 0 Å². The van der Waals surface area contributed by atoms with Gasteiger partial charge in [-0.1, -0.05) is 37.5 Å². The third-order valence-corrected chi connectivity index (χ3v) is 7.03. The molecule has 1 aliphatic carbocycles. The largest absolute Gasteiger partial charge is 0.454 e. The molecule has 0 spiro atoms. The minimum Gasteiger partial charge on any atom is -0.454 e. The Hall–Kier alpha value is -3.23. The summed E-state index contributed by atoms with van der Waals surface area (Å²) in [6.07, 6.45) is -0.346. The number of carbonyl (C=O) groups excluding carboxylic acids is 2. The molecule has 1 atom stereocenters. The number of rotatable bonds is 5. The highest BCUT2D eigenvalue weighted by Gasteiger charge is 2.54. The predicted octanol–water partition coefficient (Wildman–Crippen LogP) is 4.73. The monoisotopic (exact) mass is 474 g/mol. The first-order valence-corrected chi connectivity index (χ1v) is 11.4. The van der Waals surface area contributed by atoms with Gasteiger partial charge in [0.25, 0.3) is 0 Å². The van der Waals surface area contributed by atoms with Crippen LogP contribution in [0, 0.1) is 0 Å². The van der Waals surface area contributed by atoms with E-state index >= 15 is 0 Å². The molecule has 6 nitrogen and oxygen atoms in total. The summed E-state index contributed by atoms with van der Waals surface area (Å²) in [5.74, 6) is 0.948. The van der Waals surface area contributed by atoms with Gasteiger partial charge in [-0.3, -0.25) is 9.59 Å². The van der Waals surface area contributed by atoms with E-state index in [-0.39, 0.29) is 31.2 Å². The first-order valence-electron chi connectivity index (χ1n) is 11.4. The topological polar surface area (TPSA) is 67.9 Å². The average Bonchev–Trinajstić information content (AvgIpc) is 3.29. The summed E-state index contributed by atoms with van der Waals surface area (Å²) < 4.78 is 49.3. The van der Waals surface area contributed by atoms with Crippen molar-refractivity contribution in [2.75, 3.05) is 6.79 Å². The Morgan fingerprint density at radius 2 is 1.74 bits per heavy atom. The van der Waals surface area contributed by atoms with Crippen LogP contribution in [0.4, 0.5) is 13.2 Å². The maximum Gasteiger partial charge on any atom is 0.416 e. The molecule has 180 valence electrons. The molecule has 2 aliphatic heterocycles. The van der Waals surface area contributed by atoms with Crippen LogP contribution in [0.1, 0.15) is 61.3 Å². The average molecular weight is 474 g/mol. The van der Waals surface area contributed by atoms with Crippen molar-refractivity contribution in [3.63, 3.8) is 0 Å². The van der Waals surface area contributed by atoms with Crippen molar-refractivity contribution in [2.45, 2.75) is 62.8 Å². The summed E-state index contributed by atoms with van der Waals surface area (Å²) in [6, 6.07) is 10.1. The summed E-state index contributed by atoms with van der Waals surface area (Å²) in [4.78, 5) is 28.1. The van der Waals surface area contributed by atoms with Crippen molar-refractivity contribution in [3.05, 3.63) is 59.2 Å². The molecule has 2 aromatic rings. The highest BCUT2D eigenvalue weighted by Crippen LogP contribution is 2.48. The van der Waals surface area contributed by atoms with Gasteiger partial charge in [0, 0.05) is 6.54 Å². The molecule has 5 rings (SSSR count). The fraction of sp³-hybridized carbons (Fsp3) is 0.440. The van der Waals surface area contributed by atoms with Gasteiger partial charge in [0.1, 0.15) is 5.54 Å². The molecule has 2 aromatic carbocycles. The summed E-state index contributed by atoms with van der Waals surface area (Å²) >= 11 is 0. The van der Waals surface area contributed by atoms with Gasteiger partial charge in [0.05, 0.1) is 18.0 Å². The van der Waals surface area contributed by atoms with Crippen LogP contribution >= 0.6 is 0 Å². The third kappa shape index (κ3) is 3.97. The van der Waals surface area contributed by atoms with E-state index in [2.05, 4.69) is 5.32 Å². The molecule has 3 aliphatic rings. The number of alkyl halides is 3. The van der Waals surface area contributed by atoms with Crippen molar-refractivity contribution in [1.82, 2.24) is 10.2 Å². The molecular weight excluding hydrogens is 449 g/mol. The van der Waals surface area contributed by atoms with E-state index in [0.717, 1.165) is 37.0 Å². The third-order valence-electron chi connectivity index (χ3n) is 7.03. The lowest BCUT2D eigenvalue weighted by atomic mass is 9.75.